The Morgan fingerprint density at radius 3 is 2.68 bits per heavy atom. The van der Waals surface area contributed by atoms with Gasteiger partial charge in [0, 0.05) is 16.8 Å². The quantitative estimate of drug-likeness (QED) is 0.474. The Labute approximate surface area is 201 Å². The number of aromatic amines is 1. The molecule has 0 aromatic carbocycles. The Morgan fingerprint density at radius 2 is 1.97 bits per heavy atom. The van der Waals surface area contributed by atoms with Crippen molar-refractivity contribution < 1.29 is 19.1 Å². The van der Waals surface area contributed by atoms with Crippen LogP contribution in [0.1, 0.15) is 56.5 Å². The second kappa shape index (κ2) is 9.41. The molecule has 1 atom stereocenters. The molecule has 0 radical (unpaired) electrons. The minimum absolute atomic E-state index is 0.141. The van der Waals surface area contributed by atoms with Crippen LogP contribution >= 0.6 is 11.3 Å². The summed E-state index contributed by atoms with van der Waals surface area (Å²) in [4.78, 5) is 45.7. The third-order valence-electron chi connectivity index (χ3n) is 5.39. The number of aromatic nitrogens is 3. The van der Waals surface area contributed by atoms with E-state index in [4.69, 9.17) is 4.74 Å². The molecule has 4 heterocycles. The van der Waals surface area contributed by atoms with E-state index >= 15 is 0 Å². The number of carbonyl (C=O) groups excluding carboxylic acids is 3. The van der Waals surface area contributed by atoms with Gasteiger partial charge in [0.2, 0.25) is 0 Å². The summed E-state index contributed by atoms with van der Waals surface area (Å²) in [6.07, 6.45) is 5.19. The number of pyridine rings is 1. The molecule has 0 saturated carbocycles. The minimum Gasteiger partial charge on any atom is -0.444 e. The first kappa shape index (κ1) is 23.7. The van der Waals surface area contributed by atoms with Crippen LogP contribution in [-0.2, 0) is 14.3 Å². The zero-order chi connectivity index (χ0) is 24.5. The lowest BCUT2D eigenvalue weighted by atomic mass is 10.0. The van der Waals surface area contributed by atoms with E-state index in [1.807, 2.05) is 6.07 Å². The molecule has 10 nitrogen and oxygen atoms in total. The molecular weight excluding hydrogens is 456 g/mol. The standard InChI is InChI=1S/C23H28N6O4S/c1-13-9-15(12-24-18(13)27-22(32)33-23(2,3)4)26-19(30)21(31)29-8-6-5-7-16(29)17-10-14-11-25-28-20(14)34-17/h9-12,16H,5-8H2,1-4H3,(H,25,28)(H,26,30)(H,24,27,32)/t16-/m0/s1. The molecule has 34 heavy (non-hydrogen) atoms. The number of amides is 3. The average Bonchev–Trinajstić information content (AvgIpc) is 3.36. The number of hydrogen-bond acceptors (Lipinski definition) is 7. The molecule has 11 heteroatoms. The van der Waals surface area contributed by atoms with Crippen molar-refractivity contribution in [2.24, 2.45) is 0 Å². The van der Waals surface area contributed by atoms with E-state index in [-0.39, 0.29) is 6.04 Å². The zero-order valence-corrected chi connectivity index (χ0v) is 20.4. The Hall–Kier alpha value is -3.47. The predicted octanol–water partition coefficient (Wildman–Crippen LogP) is 4.37. The molecule has 0 unspecified atom stereocenters. The van der Waals surface area contributed by atoms with Crippen LogP contribution in [-0.4, -0.2) is 50.1 Å². The van der Waals surface area contributed by atoms with E-state index < -0.39 is 23.5 Å². The number of fused-ring (bicyclic) bond motifs is 1. The number of thiophene rings is 1. The van der Waals surface area contributed by atoms with Gasteiger partial charge in [0.15, 0.2) is 0 Å². The fourth-order valence-electron chi connectivity index (χ4n) is 3.89. The summed E-state index contributed by atoms with van der Waals surface area (Å²) in [5.74, 6) is -0.976. The molecule has 1 fully saturated rings. The highest BCUT2D eigenvalue weighted by atomic mass is 32.1. The summed E-state index contributed by atoms with van der Waals surface area (Å²) < 4.78 is 5.24. The Balaban J connectivity index is 1.43. The van der Waals surface area contributed by atoms with E-state index in [0.717, 1.165) is 34.4 Å². The lowest BCUT2D eigenvalue weighted by molar-refractivity contribution is -0.145. The molecule has 1 saturated heterocycles. The first-order valence-corrected chi connectivity index (χ1v) is 11.9. The largest absolute Gasteiger partial charge is 0.444 e. The number of likely N-dealkylation sites (tertiary alicyclic amines) is 1. The van der Waals surface area contributed by atoms with Crippen molar-refractivity contribution in [1.82, 2.24) is 20.1 Å². The van der Waals surface area contributed by atoms with Gasteiger partial charge in [-0.05, 0) is 64.7 Å². The summed E-state index contributed by atoms with van der Waals surface area (Å²) in [7, 11) is 0. The molecule has 1 aliphatic rings. The van der Waals surface area contributed by atoms with Gasteiger partial charge >= 0.3 is 17.9 Å². The van der Waals surface area contributed by atoms with Gasteiger partial charge in [-0.1, -0.05) is 0 Å². The molecule has 3 amide bonds. The zero-order valence-electron chi connectivity index (χ0n) is 19.6. The van der Waals surface area contributed by atoms with E-state index in [2.05, 4.69) is 25.8 Å². The first-order valence-electron chi connectivity index (χ1n) is 11.1. The Kier molecular flexibility index (Phi) is 6.56. The second-order valence-electron chi connectivity index (χ2n) is 9.28. The van der Waals surface area contributed by atoms with Crippen LogP contribution in [0.25, 0.3) is 10.2 Å². The molecule has 180 valence electrons. The van der Waals surface area contributed by atoms with Gasteiger partial charge < -0.3 is 15.0 Å². The van der Waals surface area contributed by atoms with Gasteiger partial charge in [0.1, 0.15) is 16.2 Å². The number of piperidine rings is 1. The fraction of sp³-hybridized carbons (Fsp3) is 0.435. The van der Waals surface area contributed by atoms with Crippen LogP contribution in [0.5, 0.6) is 0 Å². The number of aryl methyl sites for hydroxylation is 1. The third-order valence-corrected chi connectivity index (χ3v) is 6.55. The average molecular weight is 485 g/mol. The number of carbonyl (C=O) groups is 3. The highest BCUT2D eigenvalue weighted by Crippen LogP contribution is 2.37. The Bertz CT molecular complexity index is 1200. The van der Waals surface area contributed by atoms with Crippen molar-refractivity contribution in [3.63, 3.8) is 0 Å². The van der Waals surface area contributed by atoms with Crippen LogP contribution in [0.15, 0.2) is 24.5 Å². The monoisotopic (exact) mass is 484 g/mol. The summed E-state index contributed by atoms with van der Waals surface area (Å²) in [5.41, 5.74) is 0.357. The maximum absolute atomic E-state index is 13.1. The third kappa shape index (κ3) is 5.36. The van der Waals surface area contributed by atoms with Crippen LogP contribution in [0.4, 0.5) is 16.3 Å². The summed E-state index contributed by atoms with van der Waals surface area (Å²) in [6, 6.07) is 3.53. The van der Waals surface area contributed by atoms with Crippen molar-refractivity contribution in [3.8, 4) is 0 Å². The number of rotatable bonds is 3. The SMILES string of the molecule is Cc1cc(NC(=O)C(=O)N2CCCC[C@H]2c2cc3cn[nH]c3s2)cnc1NC(=O)OC(C)(C)C. The van der Waals surface area contributed by atoms with Gasteiger partial charge in [0.05, 0.1) is 24.1 Å². The van der Waals surface area contributed by atoms with Crippen LogP contribution in [0.2, 0.25) is 0 Å². The van der Waals surface area contributed by atoms with Gasteiger partial charge in [-0.2, -0.15) is 5.10 Å². The van der Waals surface area contributed by atoms with Gasteiger partial charge in [0.25, 0.3) is 0 Å². The molecule has 3 aromatic rings. The van der Waals surface area contributed by atoms with Crippen molar-refractivity contribution in [2.75, 3.05) is 17.2 Å². The van der Waals surface area contributed by atoms with Crippen LogP contribution < -0.4 is 10.6 Å². The van der Waals surface area contributed by atoms with Crippen molar-refractivity contribution in [2.45, 2.75) is 58.6 Å². The lowest BCUT2D eigenvalue weighted by Crippen LogP contribution is -2.44. The number of nitrogens with one attached hydrogen (secondary N) is 3. The number of anilines is 2. The van der Waals surface area contributed by atoms with E-state index in [0.29, 0.717) is 23.6 Å². The molecular formula is C23H28N6O4S. The second-order valence-corrected chi connectivity index (χ2v) is 10.4. The molecule has 0 aliphatic carbocycles. The van der Waals surface area contributed by atoms with Crippen LogP contribution in [0.3, 0.4) is 0 Å². The van der Waals surface area contributed by atoms with Crippen molar-refractivity contribution in [1.29, 1.82) is 0 Å². The van der Waals surface area contributed by atoms with Gasteiger partial charge in [-0.3, -0.25) is 20.0 Å². The maximum Gasteiger partial charge on any atom is 0.413 e. The highest BCUT2D eigenvalue weighted by molar-refractivity contribution is 7.18. The first-order chi connectivity index (χ1) is 16.1. The van der Waals surface area contributed by atoms with Gasteiger partial charge in [-0.15, -0.1) is 11.3 Å². The summed E-state index contributed by atoms with van der Waals surface area (Å²) in [5, 5.41) is 13.2. The fourth-order valence-corrected chi connectivity index (χ4v) is 5.02. The number of nitrogens with zero attached hydrogens (tertiary/aromatic N) is 3. The molecule has 4 rings (SSSR count). The van der Waals surface area contributed by atoms with Crippen LogP contribution in [0, 0.1) is 6.92 Å². The summed E-state index contributed by atoms with van der Waals surface area (Å²) in [6.45, 7) is 7.58. The smallest absolute Gasteiger partial charge is 0.413 e. The molecule has 1 aliphatic heterocycles. The number of H-pyrrole nitrogens is 1. The highest BCUT2D eigenvalue weighted by Gasteiger charge is 2.33. The summed E-state index contributed by atoms with van der Waals surface area (Å²) >= 11 is 1.56. The minimum atomic E-state index is -0.718. The molecule has 0 spiro atoms. The normalized spacial score (nSPS) is 16.4. The molecule has 3 N–H and O–H groups in total. The van der Waals surface area contributed by atoms with Crippen molar-refractivity contribution >= 4 is 51.0 Å². The lowest BCUT2D eigenvalue weighted by Gasteiger charge is -2.34. The van der Waals surface area contributed by atoms with Crippen molar-refractivity contribution in [3.05, 3.63) is 35.0 Å². The van der Waals surface area contributed by atoms with E-state index in [1.165, 1.54) is 6.20 Å². The number of hydrogen-bond donors (Lipinski definition) is 3. The molecule has 3 aromatic heterocycles. The van der Waals surface area contributed by atoms with E-state index in [9.17, 15) is 14.4 Å². The Morgan fingerprint density at radius 1 is 1.18 bits per heavy atom. The topological polar surface area (TPSA) is 129 Å². The number of ether oxygens (including phenoxy) is 1. The van der Waals surface area contributed by atoms with E-state index in [1.54, 1.807) is 56.2 Å². The predicted molar refractivity (Wildman–Crippen MR) is 130 cm³/mol. The molecule has 0 bridgehead atoms. The maximum atomic E-state index is 13.1. The van der Waals surface area contributed by atoms with Gasteiger partial charge in [-0.25, -0.2) is 9.78 Å².